The van der Waals surface area contributed by atoms with Crippen LogP contribution in [0.25, 0.3) is 11.0 Å². The van der Waals surface area contributed by atoms with E-state index in [0.29, 0.717) is 21.6 Å². The SMILES string of the molecule is Cc1[nH+]c(SCC(=O)c2cc3ccccc3oc2=O)c(C#N)c(C)c1C. The molecule has 2 heterocycles. The molecule has 130 valence electrons. The van der Waals surface area contributed by atoms with Gasteiger partial charge in [-0.25, -0.2) is 9.78 Å². The molecule has 5 nitrogen and oxygen atoms in total. The molecule has 3 rings (SSSR count). The number of aryl methyl sites for hydroxylation is 1. The highest BCUT2D eigenvalue weighted by Crippen LogP contribution is 2.24. The maximum Gasteiger partial charge on any atom is 0.347 e. The smallest absolute Gasteiger partial charge is 0.347 e. The van der Waals surface area contributed by atoms with Crippen molar-refractivity contribution in [3.63, 3.8) is 0 Å². The molecule has 1 N–H and O–H groups in total. The number of nitrogens with one attached hydrogen (secondary N) is 1. The van der Waals surface area contributed by atoms with Crippen molar-refractivity contribution in [3.05, 3.63) is 68.7 Å². The highest BCUT2D eigenvalue weighted by atomic mass is 32.2. The number of rotatable bonds is 4. The third-order valence-corrected chi connectivity index (χ3v) is 5.43. The van der Waals surface area contributed by atoms with Gasteiger partial charge in [0.25, 0.3) is 5.03 Å². The van der Waals surface area contributed by atoms with Gasteiger partial charge in [0.15, 0.2) is 11.5 Å². The van der Waals surface area contributed by atoms with Crippen molar-refractivity contribution in [1.82, 2.24) is 0 Å². The van der Waals surface area contributed by atoms with E-state index in [2.05, 4.69) is 11.1 Å². The number of aromatic nitrogens is 1. The second-order valence-electron chi connectivity index (χ2n) is 6.01. The number of para-hydroxylation sites is 1. The topological polar surface area (TPSA) is 85.2 Å². The number of nitriles is 1. The zero-order chi connectivity index (χ0) is 18.8. The molecule has 0 unspecified atom stereocenters. The van der Waals surface area contributed by atoms with Crippen molar-refractivity contribution in [1.29, 1.82) is 5.26 Å². The van der Waals surface area contributed by atoms with Crippen LogP contribution in [-0.4, -0.2) is 11.5 Å². The van der Waals surface area contributed by atoms with E-state index < -0.39 is 5.63 Å². The fourth-order valence-corrected chi connectivity index (χ4v) is 3.68. The minimum atomic E-state index is -0.643. The van der Waals surface area contributed by atoms with Crippen LogP contribution in [0.5, 0.6) is 0 Å². The first kappa shape index (κ1) is 17.9. The Labute approximate surface area is 154 Å². The van der Waals surface area contributed by atoms with E-state index in [1.54, 1.807) is 24.3 Å². The molecule has 0 bridgehead atoms. The maximum atomic E-state index is 12.5. The van der Waals surface area contributed by atoms with Crippen molar-refractivity contribution in [2.24, 2.45) is 0 Å². The van der Waals surface area contributed by atoms with Crippen LogP contribution in [0, 0.1) is 32.1 Å². The third kappa shape index (κ3) is 3.26. The van der Waals surface area contributed by atoms with Crippen molar-refractivity contribution >= 4 is 28.5 Å². The number of nitrogens with zero attached hydrogens (tertiary/aromatic N) is 1. The number of hydrogen-bond donors (Lipinski definition) is 0. The molecule has 6 heteroatoms. The summed E-state index contributed by atoms with van der Waals surface area (Å²) in [6.45, 7) is 5.76. The number of carbonyl (C=O) groups excluding carboxylic acids is 1. The molecule has 0 radical (unpaired) electrons. The summed E-state index contributed by atoms with van der Waals surface area (Å²) >= 11 is 1.22. The number of benzene rings is 1. The lowest BCUT2D eigenvalue weighted by Gasteiger charge is -2.05. The lowest BCUT2D eigenvalue weighted by Crippen LogP contribution is -2.19. The monoisotopic (exact) mass is 365 g/mol. The maximum absolute atomic E-state index is 12.5. The van der Waals surface area contributed by atoms with Crippen LogP contribution in [0.1, 0.15) is 32.7 Å². The lowest BCUT2D eigenvalue weighted by atomic mass is 10.1. The lowest BCUT2D eigenvalue weighted by molar-refractivity contribution is -0.436. The number of aromatic amines is 1. The van der Waals surface area contributed by atoms with Crippen LogP contribution < -0.4 is 10.6 Å². The Morgan fingerprint density at radius 3 is 2.69 bits per heavy atom. The summed E-state index contributed by atoms with van der Waals surface area (Å²) < 4.78 is 5.22. The molecule has 0 spiro atoms. The van der Waals surface area contributed by atoms with Crippen LogP contribution in [0.2, 0.25) is 0 Å². The molecule has 0 atom stereocenters. The number of ketones is 1. The molecule has 0 amide bonds. The Hall–Kier alpha value is -2.91. The van der Waals surface area contributed by atoms with Gasteiger partial charge in [-0.3, -0.25) is 4.79 Å². The predicted octanol–water partition coefficient (Wildman–Crippen LogP) is 3.38. The zero-order valence-corrected chi connectivity index (χ0v) is 15.5. The molecular formula is C20H17N2O3S+. The Morgan fingerprint density at radius 1 is 1.23 bits per heavy atom. The second kappa shape index (κ2) is 7.14. The van der Waals surface area contributed by atoms with Crippen LogP contribution in [0.3, 0.4) is 0 Å². The van der Waals surface area contributed by atoms with Crippen LogP contribution >= 0.6 is 11.8 Å². The predicted molar refractivity (Wildman–Crippen MR) is 99.5 cm³/mol. The molecule has 2 aromatic heterocycles. The standard InChI is InChI=1S/C20H16N2O3S/c1-11-12(2)16(9-21)19(22-13(11)3)26-10-17(23)15-8-14-6-4-5-7-18(14)25-20(15)24/h4-8H,10H2,1-3H3/p+1. The molecule has 0 aliphatic rings. The van der Waals surface area contributed by atoms with Crippen LogP contribution in [0.4, 0.5) is 0 Å². The van der Waals surface area contributed by atoms with E-state index in [1.807, 2.05) is 26.8 Å². The second-order valence-corrected chi connectivity index (χ2v) is 7.00. The number of fused-ring (bicyclic) bond motifs is 1. The van der Waals surface area contributed by atoms with Gasteiger partial charge in [-0.15, -0.1) is 0 Å². The average molecular weight is 365 g/mol. The molecule has 1 aromatic carbocycles. The van der Waals surface area contributed by atoms with E-state index in [9.17, 15) is 14.9 Å². The number of hydrogen-bond acceptors (Lipinski definition) is 5. The van der Waals surface area contributed by atoms with Crippen molar-refractivity contribution in [2.45, 2.75) is 25.8 Å². The normalized spacial score (nSPS) is 10.7. The molecule has 0 fully saturated rings. The first-order valence-electron chi connectivity index (χ1n) is 8.04. The number of carbonyl (C=O) groups is 1. The molecule has 0 aliphatic carbocycles. The third-order valence-electron chi connectivity index (χ3n) is 4.43. The number of pyridine rings is 1. The van der Waals surface area contributed by atoms with Gasteiger partial charge >= 0.3 is 5.63 Å². The fraction of sp³-hybridized carbons (Fsp3) is 0.200. The van der Waals surface area contributed by atoms with E-state index >= 15 is 0 Å². The van der Waals surface area contributed by atoms with E-state index in [1.165, 1.54) is 11.8 Å². The number of thioether (sulfide) groups is 1. The molecule has 0 saturated carbocycles. The van der Waals surface area contributed by atoms with Gasteiger partial charge in [0, 0.05) is 17.9 Å². The summed E-state index contributed by atoms with van der Waals surface area (Å²) in [5.74, 6) is -0.293. The first-order valence-corrected chi connectivity index (χ1v) is 9.03. The van der Waals surface area contributed by atoms with Gasteiger partial charge in [0.1, 0.15) is 22.8 Å². The Balaban J connectivity index is 1.90. The van der Waals surface area contributed by atoms with E-state index in [-0.39, 0.29) is 17.1 Å². The quantitative estimate of drug-likeness (QED) is 0.402. The minimum Gasteiger partial charge on any atom is -0.422 e. The fourth-order valence-electron chi connectivity index (χ4n) is 2.68. The van der Waals surface area contributed by atoms with Gasteiger partial charge in [-0.1, -0.05) is 18.2 Å². The molecule has 26 heavy (non-hydrogen) atoms. The molecule has 3 aromatic rings. The zero-order valence-electron chi connectivity index (χ0n) is 14.7. The largest absolute Gasteiger partial charge is 0.422 e. The Kier molecular flexibility index (Phi) is 4.92. The van der Waals surface area contributed by atoms with Gasteiger partial charge in [0.05, 0.1) is 5.75 Å². The van der Waals surface area contributed by atoms with E-state index in [4.69, 9.17) is 4.42 Å². The van der Waals surface area contributed by atoms with Gasteiger partial charge in [0.2, 0.25) is 0 Å². The molecular weight excluding hydrogens is 348 g/mol. The Morgan fingerprint density at radius 2 is 1.96 bits per heavy atom. The van der Waals surface area contributed by atoms with Crippen LogP contribution in [-0.2, 0) is 0 Å². The first-order chi connectivity index (χ1) is 12.4. The minimum absolute atomic E-state index is 0.0234. The molecule has 0 aliphatic heterocycles. The average Bonchev–Trinajstić information content (AvgIpc) is 2.63. The van der Waals surface area contributed by atoms with Crippen molar-refractivity contribution < 1.29 is 14.2 Å². The summed E-state index contributed by atoms with van der Waals surface area (Å²) in [7, 11) is 0. The van der Waals surface area contributed by atoms with Crippen molar-refractivity contribution in [2.75, 3.05) is 5.75 Å². The van der Waals surface area contributed by atoms with Crippen LogP contribution in [0.15, 0.2) is 44.6 Å². The molecule has 0 saturated heterocycles. The van der Waals surface area contributed by atoms with E-state index in [0.717, 1.165) is 16.8 Å². The highest BCUT2D eigenvalue weighted by Gasteiger charge is 2.21. The van der Waals surface area contributed by atoms with Gasteiger partial charge < -0.3 is 4.42 Å². The number of H-pyrrole nitrogens is 1. The summed E-state index contributed by atoms with van der Waals surface area (Å²) in [4.78, 5) is 27.8. The highest BCUT2D eigenvalue weighted by molar-refractivity contribution is 7.99. The van der Waals surface area contributed by atoms with Gasteiger partial charge in [-0.2, -0.15) is 5.26 Å². The summed E-state index contributed by atoms with van der Waals surface area (Å²) in [6.07, 6.45) is 0. The summed E-state index contributed by atoms with van der Waals surface area (Å²) in [6, 6.07) is 10.8. The van der Waals surface area contributed by atoms with Crippen molar-refractivity contribution in [3.8, 4) is 6.07 Å². The van der Waals surface area contributed by atoms with Gasteiger partial charge in [-0.05, 0) is 43.3 Å². The summed E-state index contributed by atoms with van der Waals surface area (Å²) in [5, 5.41) is 10.8. The summed E-state index contributed by atoms with van der Waals surface area (Å²) in [5.41, 5.74) is 3.21. The Bertz CT molecular complexity index is 1130. The number of Topliss-reactive ketones (excluding diaryl/α,β-unsaturated/α-hetero) is 1.